The van der Waals surface area contributed by atoms with Crippen molar-refractivity contribution in [3.63, 3.8) is 0 Å². The van der Waals surface area contributed by atoms with Crippen LogP contribution >= 0.6 is 0 Å². The first-order valence-corrected chi connectivity index (χ1v) is 11.4. The van der Waals surface area contributed by atoms with Crippen LogP contribution < -0.4 is 0 Å². The first kappa shape index (κ1) is 28.1. The SMILES string of the molecule is CCCCC/C=C\C/C=C\CCCCCCCC(=O)O.CCN(CC)CC. The van der Waals surface area contributed by atoms with Crippen LogP contribution in [0.15, 0.2) is 24.3 Å². The molecule has 0 fully saturated rings. The molecule has 0 spiro atoms. The molecule has 0 saturated carbocycles. The zero-order chi connectivity index (χ0) is 20.6. The summed E-state index contributed by atoms with van der Waals surface area (Å²) in [6.07, 6.45) is 22.3. The van der Waals surface area contributed by atoms with E-state index in [1.54, 1.807) is 0 Å². The maximum atomic E-state index is 10.3. The monoisotopic (exact) mass is 381 g/mol. The molecule has 0 unspecified atom stereocenters. The van der Waals surface area contributed by atoms with Gasteiger partial charge in [-0.3, -0.25) is 4.79 Å². The molecule has 0 heterocycles. The molecule has 0 amide bonds. The molecular formula is C24H47NO2. The predicted molar refractivity (Wildman–Crippen MR) is 120 cm³/mol. The van der Waals surface area contributed by atoms with Crippen molar-refractivity contribution < 1.29 is 9.90 Å². The third-order valence-electron chi connectivity index (χ3n) is 4.68. The van der Waals surface area contributed by atoms with Crippen LogP contribution in [-0.2, 0) is 4.79 Å². The van der Waals surface area contributed by atoms with Gasteiger partial charge in [0, 0.05) is 6.42 Å². The summed E-state index contributed by atoms with van der Waals surface area (Å²) in [7, 11) is 0. The second kappa shape index (κ2) is 24.9. The largest absolute Gasteiger partial charge is 0.481 e. The summed E-state index contributed by atoms with van der Waals surface area (Å²) in [5.41, 5.74) is 0. The van der Waals surface area contributed by atoms with E-state index in [1.165, 1.54) is 64.6 Å². The molecular weight excluding hydrogens is 334 g/mol. The number of carboxylic acids is 1. The fourth-order valence-electron chi connectivity index (χ4n) is 2.76. The van der Waals surface area contributed by atoms with Gasteiger partial charge in [0.1, 0.15) is 0 Å². The van der Waals surface area contributed by atoms with Gasteiger partial charge in [-0.2, -0.15) is 0 Å². The van der Waals surface area contributed by atoms with Gasteiger partial charge >= 0.3 is 5.97 Å². The lowest BCUT2D eigenvalue weighted by atomic mass is 10.1. The highest BCUT2D eigenvalue weighted by Gasteiger charge is 1.95. The van der Waals surface area contributed by atoms with E-state index in [4.69, 9.17) is 5.11 Å². The van der Waals surface area contributed by atoms with Crippen LogP contribution in [0.4, 0.5) is 0 Å². The van der Waals surface area contributed by atoms with Crippen LogP contribution in [0.5, 0.6) is 0 Å². The second-order valence-corrected chi connectivity index (χ2v) is 6.99. The summed E-state index contributed by atoms with van der Waals surface area (Å²) < 4.78 is 0. The van der Waals surface area contributed by atoms with Crippen LogP contribution in [0.25, 0.3) is 0 Å². The normalized spacial score (nSPS) is 11.3. The highest BCUT2D eigenvalue weighted by molar-refractivity contribution is 5.66. The maximum Gasteiger partial charge on any atom is 0.303 e. The van der Waals surface area contributed by atoms with E-state index >= 15 is 0 Å². The van der Waals surface area contributed by atoms with Crippen LogP contribution in [-0.4, -0.2) is 35.6 Å². The van der Waals surface area contributed by atoms with Gasteiger partial charge in [0.25, 0.3) is 0 Å². The minimum absolute atomic E-state index is 0.324. The summed E-state index contributed by atoms with van der Waals surface area (Å²) in [6.45, 7) is 12.4. The molecule has 27 heavy (non-hydrogen) atoms. The summed E-state index contributed by atoms with van der Waals surface area (Å²) in [5, 5.41) is 8.50. The number of unbranched alkanes of at least 4 members (excludes halogenated alkanes) is 8. The highest BCUT2D eigenvalue weighted by Crippen LogP contribution is 2.08. The average Bonchev–Trinajstić information content (AvgIpc) is 2.66. The Hall–Kier alpha value is -1.09. The van der Waals surface area contributed by atoms with Crippen molar-refractivity contribution in [2.24, 2.45) is 0 Å². The fourth-order valence-corrected chi connectivity index (χ4v) is 2.76. The summed E-state index contributed by atoms with van der Waals surface area (Å²) in [4.78, 5) is 12.7. The van der Waals surface area contributed by atoms with E-state index in [9.17, 15) is 4.79 Å². The lowest BCUT2D eigenvalue weighted by Crippen LogP contribution is -2.21. The molecule has 0 aromatic heterocycles. The molecule has 0 aliphatic carbocycles. The Bertz CT molecular complexity index is 341. The molecule has 0 aliphatic rings. The number of aliphatic carboxylic acids is 1. The summed E-state index contributed by atoms with van der Waals surface area (Å²) in [5.74, 6) is -0.671. The van der Waals surface area contributed by atoms with E-state index in [-0.39, 0.29) is 0 Å². The second-order valence-electron chi connectivity index (χ2n) is 6.99. The number of nitrogens with zero attached hydrogens (tertiary/aromatic N) is 1. The van der Waals surface area contributed by atoms with E-state index in [0.29, 0.717) is 6.42 Å². The molecule has 1 N–H and O–H groups in total. The molecule has 0 saturated heterocycles. The lowest BCUT2D eigenvalue weighted by molar-refractivity contribution is -0.137. The Morgan fingerprint density at radius 1 is 0.704 bits per heavy atom. The van der Waals surface area contributed by atoms with Crippen molar-refractivity contribution in [3.8, 4) is 0 Å². The average molecular weight is 382 g/mol. The quantitative estimate of drug-likeness (QED) is 0.213. The standard InChI is InChI=1S/C18H32O2.C6H15N/c1-2-3-4-5-6-7-8-9-10-11-12-13-14-15-16-17-18(19)20;1-4-7(5-2)6-3/h6-7,9-10H,2-5,8,11-17H2,1H3,(H,19,20);4-6H2,1-3H3/b7-6-,10-9-;. The molecule has 0 rings (SSSR count). The molecule has 0 aromatic carbocycles. The van der Waals surface area contributed by atoms with E-state index in [0.717, 1.165) is 25.7 Å². The van der Waals surface area contributed by atoms with Gasteiger partial charge in [0.05, 0.1) is 0 Å². The number of allylic oxidation sites excluding steroid dienone is 4. The first-order valence-electron chi connectivity index (χ1n) is 11.4. The number of hydrogen-bond acceptors (Lipinski definition) is 2. The Kier molecular flexibility index (Phi) is 25.9. The third kappa shape index (κ3) is 27.2. The third-order valence-corrected chi connectivity index (χ3v) is 4.68. The smallest absolute Gasteiger partial charge is 0.303 e. The summed E-state index contributed by atoms with van der Waals surface area (Å²) in [6, 6.07) is 0. The van der Waals surface area contributed by atoms with Crippen molar-refractivity contribution in [3.05, 3.63) is 24.3 Å². The van der Waals surface area contributed by atoms with E-state index in [1.807, 2.05) is 0 Å². The topological polar surface area (TPSA) is 40.5 Å². The Morgan fingerprint density at radius 3 is 1.63 bits per heavy atom. The van der Waals surface area contributed by atoms with Gasteiger partial charge in [-0.15, -0.1) is 0 Å². The molecule has 0 radical (unpaired) electrons. The van der Waals surface area contributed by atoms with Crippen LogP contribution in [0.2, 0.25) is 0 Å². The predicted octanol–water partition coefficient (Wildman–Crippen LogP) is 7.23. The zero-order valence-corrected chi connectivity index (χ0v) is 18.7. The van der Waals surface area contributed by atoms with Gasteiger partial charge in [-0.25, -0.2) is 0 Å². The summed E-state index contributed by atoms with van der Waals surface area (Å²) >= 11 is 0. The Morgan fingerprint density at radius 2 is 1.19 bits per heavy atom. The van der Waals surface area contributed by atoms with Gasteiger partial charge in [-0.1, -0.05) is 84.1 Å². The molecule has 0 aliphatic heterocycles. The van der Waals surface area contributed by atoms with E-state index in [2.05, 4.69) is 56.9 Å². The first-order chi connectivity index (χ1) is 13.1. The Labute approximate surface area is 169 Å². The molecule has 0 aromatic rings. The van der Waals surface area contributed by atoms with Gasteiger partial charge in [-0.05, 0) is 58.2 Å². The molecule has 3 nitrogen and oxygen atoms in total. The molecule has 3 heteroatoms. The van der Waals surface area contributed by atoms with Crippen LogP contribution in [0, 0.1) is 0 Å². The molecule has 160 valence electrons. The minimum Gasteiger partial charge on any atom is -0.481 e. The van der Waals surface area contributed by atoms with Crippen molar-refractivity contribution in [2.45, 2.75) is 105 Å². The van der Waals surface area contributed by atoms with Gasteiger partial charge < -0.3 is 10.0 Å². The van der Waals surface area contributed by atoms with Crippen molar-refractivity contribution in [1.29, 1.82) is 0 Å². The highest BCUT2D eigenvalue weighted by atomic mass is 16.4. The van der Waals surface area contributed by atoms with Gasteiger partial charge in [0.15, 0.2) is 0 Å². The molecule has 0 atom stereocenters. The number of carbonyl (C=O) groups is 1. The van der Waals surface area contributed by atoms with Crippen LogP contribution in [0.3, 0.4) is 0 Å². The lowest BCUT2D eigenvalue weighted by Gasteiger charge is -2.13. The molecule has 0 bridgehead atoms. The maximum absolute atomic E-state index is 10.3. The number of carboxylic acid groups (broad SMARTS) is 1. The van der Waals surface area contributed by atoms with Crippen LogP contribution in [0.1, 0.15) is 105 Å². The number of hydrogen-bond donors (Lipinski definition) is 1. The van der Waals surface area contributed by atoms with Crippen molar-refractivity contribution in [2.75, 3.05) is 19.6 Å². The van der Waals surface area contributed by atoms with Crippen molar-refractivity contribution in [1.82, 2.24) is 4.90 Å². The minimum atomic E-state index is -0.671. The Balaban J connectivity index is 0. The number of rotatable bonds is 17. The fraction of sp³-hybridized carbons (Fsp3) is 0.792. The van der Waals surface area contributed by atoms with Crippen molar-refractivity contribution >= 4 is 5.97 Å². The van der Waals surface area contributed by atoms with Gasteiger partial charge in [0.2, 0.25) is 0 Å². The van der Waals surface area contributed by atoms with E-state index < -0.39 is 5.97 Å². The zero-order valence-electron chi connectivity index (χ0n) is 18.7.